The molecule has 2 aromatic rings. The lowest BCUT2D eigenvalue weighted by Gasteiger charge is -2.06. The first-order valence-electron chi connectivity index (χ1n) is 5.90. The van der Waals surface area contributed by atoms with Gasteiger partial charge in [0, 0.05) is 0 Å². The highest BCUT2D eigenvalue weighted by atomic mass is 35.5. The van der Waals surface area contributed by atoms with Crippen molar-refractivity contribution in [2.24, 2.45) is 0 Å². The average molecular weight is 276 g/mol. The maximum Gasteiger partial charge on any atom is 0.229 e. The number of benzene rings is 1. The van der Waals surface area contributed by atoms with Gasteiger partial charge in [0.15, 0.2) is 11.0 Å². The predicted octanol–water partition coefficient (Wildman–Crippen LogP) is 2.93. The summed E-state index contributed by atoms with van der Waals surface area (Å²) in [5.74, 6) is 0.276. The summed E-state index contributed by atoms with van der Waals surface area (Å²) >= 11 is 5.62. The standard InChI is InChI=1S/C14H14ClN3O/c1-9-3-4-11(7-10(9)2)8-14(19)16-13-6-5-12(15)17-18-13/h3-7H,8H2,1-2H3,(H,16,18,19). The lowest BCUT2D eigenvalue weighted by molar-refractivity contribution is -0.115. The third-order valence-corrected chi connectivity index (χ3v) is 3.04. The molecule has 1 N–H and O–H groups in total. The van der Waals surface area contributed by atoms with Gasteiger partial charge >= 0.3 is 0 Å². The second kappa shape index (κ2) is 5.80. The number of halogens is 1. The van der Waals surface area contributed by atoms with E-state index in [0.29, 0.717) is 17.4 Å². The van der Waals surface area contributed by atoms with Crippen LogP contribution < -0.4 is 5.32 Å². The lowest BCUT2D eigenvalue weighted by Crippen LogP contribution is -2.15. The molecule has 1 aromatic carbocycles. The fraction of sp³-hybridized carbons (Fsp3) is 0.214. The normalized spacial score (nSPS) is 10.3. The number of aryl methyl sites for hydroxylation is 2. The van der Waals surface area contributed by atoms with E-state index in [0.717, 1.165) is 5.56 Å². The van der Waals surface area contributed by atoms with Crippen molar-refractivity contribution in [3.05, 3.63) is 52.2 Å². The second-order valence-corrected chi connectivity index (χ2v) is 4.77. The molecule has 0 atom stereocenters. The van der Waals surface area contributed by atoms with Crippen molar-refractivity contribution in [3.8, 4) is 0 Å². The maximum absolute atomic E-state index is 11.9. The number of anilines is 1. The lowest BCUT2D eigenvalue weighted by atomic mass is 10.0. The number of rotatable bonds is 3. The van der Waals surface area contributed by atoms with E-state index >= 15 is 0 Å². The summed E-state index contributed by atoms with van der Waals surface area (Å²) in [6, 6.07) is 9.19. The van der Waals surface area contributed by atoms with Crippen molar-refractivity contribution in [2.75, 3.05) is 5.32 Å². The third-order valence-electron chi connectivity index (χ3n) is 2.84. The largest absolute Gasteiger partial charge is 0.309 e. The van der Waals surface area contributed by atoms with Gasteiger partial charge in [0.2, 0.25) is 5.91 Å². The first kappa shape index (κ1) is 13.5. The van der Waals surface area contributed by atoms with Crippen LogP contribution >= 0.6 is 11.6 Å². The molecule has 0 aliphatic carbocycles. The van der Waals surface area contributed by atoms with Crippen molar-refractivity contribution >= 4 is 23.3 Å². The van der Waals surface area contributed by atoms with Crippen LogP contribution in [0.5, 0.6) is 0 Å². The second-order valence-electron chi connectivity index (χ2n) is 4.38. The van der Waals surface area contributed by atoms with E-state index in [-0.39, 0.29) is 5.91 Å². The maximum atomic E-state index is 11.9. The van der Waals surface area contributed by atoms with E-state index in [2.05, 4.69) is 15.5 Å². The highest BCUT2D eigenvalue weighted by molar-refractivity contribution is 6.29. The minimum atomic E-state index is -0.125. The van der Waals surface area contributed by atoms with Gasteiger partial charge in [0.25, 0.3) is 0 Å². The molecular formula is C14H14ClN3O. The molecule has 0 saturated carbocycles. The minimum Gasteiger partial charge on any atom is -0.309 e. The van der Waals surface area contributed by atoms with E-state index in [1.807, 2.05) is 32.0 Å². The molecule has 0 radical (unpaired) electrons. The molecule has 0 fully saturated rings. The zero-order chi connectivity index (χ0) is 13.8. The van der Waals surface area contributed by atoms with E-state index in [1.165, 1.54) is 11.1 Å². The molecule has 0 unspecified atom stereocenters. The summed E-state index contributed by atoms with van der Waals surface area (Å²) < 4.78 is 0. The van der Waals surface area contributed by atoms with Crippen LogP contribution in [0.3, 0.4) is 0 Å². The van der Waals surface area contributed by atoms with Crippen molar-refractivity contribution in [1.82, 2.24) is 10.2 Å². The Hall–Kier alpha value is -1.94. The number of amides is 1. The zero-order valence-corrected chi connectivity index (χ0v) is 11.5. The van der Waals surface area contributed by atoms with Crippen molar-refractivity contribution < 1.29 is 4.79 Å². The molecule has 0 aliphatic heterocycles. The molecule has 0 saturated heterocycles. The fourth-order valence-electron chi connectivity index (χ4n) is 1.67. The minimum absolute atomic E-state index is 0.125. The Morgan fingerprint density at radius 2 is 1.95 bits per heavy atom. The van der Waals surface area contributed by atoms with E-state index in [4.69, 9.17) is 11.6 Å². The Bertz CT molecular complexity index is 596. The van der Waals surface area contributed by atoms with Crippen LogP contribution in [-0.4, -0.2) is 16.1 Å². The van der Waals surface area contributed by atoms with Crippen LogP contribution in [0.4, 0.5) is 5.82 Å². The van der Waals surface area contributed by atoms with Gasteiger partial charge in [-0.2, -0.15) is 0 Å². The van der Waals surface area contributed by atoms with Gasteiger partial charge in [0.05, 0.1) is 6.42 Å². The zero-order valence-electron chi connectivity index (χ0n) is 10.8. The summed E-state index contributed by atoms with van der Waals surface area (Å²) in [5.41, 5.74) is 3.37. The molecule has 19 heavy (non-hydrogen) atoms. The van der Waals surface area contributed by atoms with Crippen LogP contribution in [0, 0.1) is 13.8 Å². The van der Waals surface area contributed by atoms with Gasteiger partial charge in [-0.15, -0.1) is 10.2 Å². The van der Waals surface area contributed by atoms with Crippen LogP contribution in [0.15, 0.2) is 30.3 Å². The van der Waals surface area contributed by atoms with E-state index in [1.54, 1.807) is 12.1 Å². The highest BCUT2D eigenvalue weighted by Gasteiger charge is 2.06. The number of nitrogens with one attached hydrogen (secondary N) is 1. The summed E-state index contributed by atoms with van der Waals surface area (Å²) in [6.45, 7) is 4.07. The number of hydrogen-bond donors (Lipinski definition) is 1. The molecule has 2 rings (SSSR count). The fourth-order valence-corrected chi connectivity index (χ4v) is 1.77. The highest BCUT2D eigenvalue weighted by Crippen LogP contribution is 2.11. The number of aromatic nitrogens is 2. The van der Waals surface area contributed by atoms with Gasteiger partial charge in [-0.25, -0.2) is 0 Å². The molecule has 0 bridgehead atoms. The van der Waals surface area contributed by atoms with Gasteiger partial charge in [0.1, 0.15) is 0 Å². The Morgan fingerprint density at radius 3 is 2.58 bits per heavy atom. The van der Waals surface area contributed by atoms with E-state index < -0.39 is 0 Å². The SMILES string of the molecule is Cc1ccc(CC(=O)Nc2ccc(Cl)nn2)cc1C. The Labute approximate surface area is 116 Å². The smallest absolute Gasteiger partial charge is 0.229 e. The van der Waals surface area contributed by atoms with Crippen molar-refractivity contribution in [1.29, 1.82) is 0 Å². The van der Waals surface area contributed by atoms with Gasteiger partial charge < -0.3 is 5.32 Å². The molecule has 5 heteroatoms. The monoisotopic (exact) mass is 275 g/mol. The predicted molar refractivity (Wildman–Crippen MR) is 75.3 cm³/mol. The number of hydrogen-bond acceptors (Lipinski definition) is 3. The van der Waals surface area contributed by atoms with Gasteiger partial charge in [-0.05, 0) is 42.7 Å². The number of carbonyl (C=O) groups excluding carboxylic acids is 1. The molecule has 1 aromatic heterocycles. The third kappa shape index (κ3) is 3.76. The van der Waals surface area contributed by atoms with Gasteiger partial charge in [-0.1, -0.05) is 29.8 Å². The number of nitrogens with zero attached hydrogens (tertiary/aromatic N) is 2. The van der Waals surface area contributed by atoms with Crippen LogP contribution in [-0.2, 0) is 11.2 Å². The Morgan fingerprint density at radius 1 is 1.16 bits per heavy atom. The van der Waals surface area contributed by atoms with E-state index in [9.17, 15) is 4.79 Å². The molecule has 0 aliphatic rings. The Balaban J connectivity index is 2.01. The quantitative estimate of drug-likeness (QED) is 0.937. The topological polar surface area (TPSA) is 54.9 Å². The van der Waals surface area contributed by atoms with Crippen LogP contribution in [0.2, 0.25) is 5.15 Å². The van der Waals surface area contributed by atoms with Crippen LogP contribution in [0.1, 0.15) is 16.7 Å². The molecule has 4 nitrogen and oxygen atoms in total. The molecule has 1 amide bonds. The summed E-state index contributed by atoms with van der Waals surface area (Å²) in [6.07, 6.45) is 0.311. The first-order valence-corrected chi connectivity index (χ1v) is 6.27. The first-order chi connectivity index (χ1) is 9.04. The van der Waals surface area contributed by atoms with Crippen molar-refractivity contribution in [2.45, 2.75) is 20.3 Å². The average Bonchev–Trinajstić information content (AvgIpc) is 2.37. The summed E-state index contributed by atoms with van der Waals surface area (Å²) in [7, 11) is 0. The molecule has 0 spiro atoms. The summed E-state index contributed by atoms with van der Waals surface area (Å²) in [5, 5.41) is 10.4. The Kier molecular flexibility index (Phi) is 4.12. The molecular weight excluding hydrogens is 262 g/mol. The van der Waals surface area contributed by atoms with Gasteiger partial charge in [-0.3, -0.25) is 4.79 Å². The van der Waals surface area contributed by atoms with Crippen LogP contribution in [0.25, 0.3) is 0 Å². The molecule has 1 heterocycles. The molecule has 98 valence electrons. The van der Waals surface area contributed by atoms with Crippen molar-refractivity contribution in [3.63, 3.8) is 0 Å². The summed E-state index contributed by atoms with van der Waals surface area (Å²) in [4.78, 5) is 11.9. The number of carbonyl (C=O) groups is 1.